The molecule has 0 spiro atoms. The molecule has 2 aromatic carbocycles. The van der Waals surface area contributed by atoms with Gasteiger partial charge in [0.15, 0.2) is 5.11 Å². The Labute approximate surface area is 122 Å². The summed E-state index contributed by atoms with van der Waals surface area (Å²) < 4.78 is 26.3. The van der Waals surface area contributed by atoms with Crippen molar-refractivity contribution in [3.8, 4) is 0 Å². The maximum absolute atomic E-state index is 13.5. The fraction of sp³-hybridized carbons (Fsp3) is 0.133. The van der Waals surface area contributed by atoms with Crippen molar-refractivity contribution < 1.29 is 8.78 Å². The lowest BCUT2D eigenvalue weighted by atomic mass is 10.2. The molecule has 0 aliphatic rings. The van der Waals surface area contributed by atoms with Crippen LogP contribution in [0.5, 0.6) is 0 Å². The van der Waals surface area contributed by atoms with Gasteiger partial charge in [-0.25, -0.2) is 8.78 Å². The molecule has 0 saturated heterocycles. The summed E-state index contributed by atoms with van der Waals surface area (Å²) in [5.41, 5.74) is 1.26. The minimum atomic E-state index is -0.666. The van der Waals surface area contributed by atoms with Crippen LogP contribution in [0.1, 0.15) is 5.56 Å². The van der Waals surface area contributed by atoms with Crippen LogP contribution < -0.4 is 5.32 Å². The molecule has 20 heavy (non-hydrogen) atoms. The number of rotatable bonds is 3. The van der Waals surface area contributed by atoms with Gasteiger partial charge in [-0.1, -0.05) is 30.3 Å². The summed E-state index contributed by atoms with van der Waals surface area (Å²) in [6.07, 6.45) is 0. The summed E-state index contributed by atoms with van der Waals surface area (Å²) in [5.74, 6) is -1.28. The van der Waals surface area contributed by atoms with Crippen molar-refractivity contribution in [2.75, 3.05) is 12.4 Å². The van der Waals surface area contributed by atoms with Gasteiger partial charge in [-0.05, 0) is 29.9 Å². The molecule has 0 bridgehead atoms. The number of nitrogens with one attached hydrogen (secondary N) is 1. The normalized spacial score (nSPS) is 10.2. The van der Waals surface area contributed by atoms with Gasteiger partial charge in [-0.2, -0.15) is 0 Å². The van der Waals surface area contributed by atoms with Gasteiger partial charge < -0.3 is 10.2 Å². The number of benzene rings is 2. The van der Waals surface area contributed by atoms with Crippen LogP contribution in [0.15, 0.2) is 48.5 Å². The van der Waals surface area contributed by atoms with Crippen LogP contribution in [-0.4, -0.2) is 17.1 Å². The zero-order valence-corrected chi connectivity index (χ0v) is 11.8. The summed E-state index contributed by atoms with van der Waals surface area (Å²) in [6.45, 7) is 0.607. The van der Waals surface area contributed by atoms with Gasteiger partial charge in [0, 0.05) is 19.7 Å². The first-order valence-corrected chi connectivity index (χ1v) is 6.48. The summed E-state index contributed by atoms with van der Waals surface area (Å²) in [6, 6.07) is 13.1. The topological polar surface area (TPSA) is 15.3 Å². The second kappa shape index (κ2) is 6.43. The third-order valence-corrected chi connectivity index (χ3v) is 3.20. The lowest BCUT2D eigenvalue weighted by molar-refractivity contribution is 0.508. The molecule has 0 amide bonds. The Kier molecular flexibility index (Phi) is 4.63. The van der Waals surface area contributed by atoms with Crippen LogP contribution in [0, 0.1) is 11.6 Å². The van der Waals surface area contributed by atoms with E-state index in [0.29, 0.717) is 11.7 Å². The van der Waals surface area contributed by atoms with Crippen LogP contribution in [0.4, 0.5) is 14.5 Å². The van der Waals surface area contributed by atoms with E-state index in [2.05, 4.69) is 5.32 Å². The van der Waals surface area contributed by atoms with Crippen molar-refractivity contribution in [3.63, 3.8) is 0 Å². The lowest BCUT2D eigenvalue weighted by Crippen LogP contribution is -2.30. The first kappa shape index (κ1) is 14.4. The van der Waals surface area contributed by atoms with Gasteiger partial charge in [-0.3, -0.25) is 0 Å². The van der Waals surface area contributed by atoms with Crippen molar-refractivity contribution in [2.24, 2.45) is 0 Å². The van der Waals surface area contributed by atoms with Crippen LogP contribution >= 0.6 is 12.2 Å². The quantitative estimate of drug-likeness (QED) is 0.866. The molecular formula is C15H14F2N2S. The Bertz CT molecular complexity index is 602. The molecule has 2 nitrogen and oxygen atoms in total. The van der Waals surface area contributed by atoms with E-state index in [4.69, 9.17) is 12.2 Å². The van der Waals surface area contributed by atoms with Gasteiger partial charge in [0.2, 0.25) is 0 Å². The Morgan fingerprint density at radius 2 is 1.85 bits per heavy atom. The van der Waals surface area contributed by atoms with Gasteiger partial charge in [0.1, 0.15) is 11.6 Å². The molecule has 0 aliphatic carbocycles. The number of thiocarbonyl (C=S) groups is 1. The zero-order chi connectivity index (χ0) is 14.5. The van der Waals surface area contributed by atoms with E-state index in [-0.39, 0.29) is 5.69 Å². The number of nitrogens with zero attached hydrogens (tertiary/aromatic N) is 1. The molecule has 104 valence electrons. The Hall–Kier alpha value is -2.01. The standard InChI is InChI=1S/C15H14F2N2S/c1-19(10-11-5-3-2-4-6-11)15(20)18-14-8-7-12(16)9-13(14)17/h2-9H,10H2,1H3,(H,18,20). The smallest absolute Gasteiger partial charge is 0.173 e. The van der Waals surface area contributed by atoms with E-state index in [0.717, 1.165) is 11.6 Å². The van der Waals surface area contributed by atoms with Gasteiger partial charge in [-0.15, -0.1) is 0 Å². The summed E-state index contributed by atoms with van der Waals surface area (Å²) >= 11 is 5.20. The minimum absolute atomic E-state index is 0.163. The molecule has 2 rings (SSSR count). The predicted molar refractivity (Wildman–Crippen MR) is 80.5 cm³/mol. The van der Waals surface area contributed by atoms with E-state index in [1.54, 1.807) is 4.90 Å². The summed E-state index contributed by atoms with van der Waals surface area (Å²) in [7, 11) is 1.81. The monoisotopic (exact) mass is 292 g/mol. The third-order valence-electron chi connectivity index (χ3n) is 2.78. The Balaban J connectivity index is 2.01. The van der Waals surface area contributed by atoms with Crippen molar-refractivity contribution in [3.05, 3.63) is 65.7 Å². The molecule has 0 fully saturated rings. The number of hydrogen-bond donors (Lipinski definition) is 1. The maximum atomic E-state index is 13.5. The molecular weight excluding hydrogens is 278 g/mol. The minimum Gasteiger partial charge on any atom is -0.348 e. The fourth-order valence-electron chi connectivity index (χ4n) is 1.73. The molecule has 1 N–H and O–H groups in total. The highest BCUT2D eigenvalue weighted by atomic mass is 32.1. The van der Waals surface area contributed by atoms with Crippen LogP contribution in [0.3, 0.4) is 0 Å². The van der Waals surface area contributed by atoms with Crippen molar-refractivity contribution in [1.29, 1.82) is 0 Å². The molecule has 0 aliphatic heterocycles. The average molecular weight is 292 g/mol. The summed E-state index contributed by atoms with van der Waals surface area (Å²) in [4.78, 5) is 1.79. The predicted octanol–water partition coefficient (Wildman–Crippen LogP) is 3.79. The van der Waals surface area contributed by atoms with Crippen LogP contribution in [-0.2, 0) is 6.54 Å². The first-order chi connectivity index (χ1) is 9.56. The molecule has 0 heterocycles. The van der Waals surface area contributed by atoms with Crippen molar-refractivity contribution in [2.45, 2.75) is 6.54 Å². The number of hydrogen-bond acceptors (Lipinski definition) is 1. The second-order valence-corrected chi connectivity index (χ2v) is 4.78. The Morgan fingerprint density at radius 1 is 1.15 bits per heavy atom. The van der Waals surface area contributed by atoms with E-state index in [1.807, 2.05) is 37.4 Å². The fourth-order valence-corrected chi connectivity index (χ4v) is 1.91. The number of halogens is 2. The SMILES string of the molecule is CN(Cc1ccccc1)C(=S)Nc1ccc(F)cc1F. The van der Waals surface area contributed by atoms with Gasteiger partial charge in [0.25, 0.3) is 0 Å². The average Bonchev–Trinajstić information content (AvgIpc) is 2.43. The highest BCUT2D eigenvalue weighted by Gasteiger charge is 2.09. The first-order valence-electron chi connectivity index (χ1n) is 6.07. The molecule has 2 aromatic rings. The Morgan fingerprint density at radius 3 is 2.50 bits per heavy atom. The third kappa shape index (κ3) is 3.74. The van der Waals surface area contributed by atoms with E-state index < -0.39 is 11.6 Å². The van der Waals surface area contributed by atoms with Crippen LogP contribution in [0.25, 0.3) is 0 Å². The van der Waals surface area contributed by atoms with Crippen molar-refractivity contribution in [1.82, 2.24) is 4.90 Å². The molecule has 0 radical (unpaired) electrons. The molecule has 0 atom stereocenters. The van der Waals surface area contributed by atoms with E-state index in [1.165, 1.54) is 12.1 Å². The second-order valence-electron chi connectivity index (χ2n) is 4.40. The van der Waals surface area contributed by atoms with Gasteiger partial charge in [0.05, 0.1) is 5.69 Å². The molecule has 0 aromatic heterocycles. The van der Waals surface area contributed by atoms with Gasteiger partial charge >= 0.3 is 0 Å². The zero-order valence-electron chi connectivity index (χ0n) is 10.9. The molecule has 0 saturated carbocycles. The summed E-state index contributed by atoms with van der Waals surface area (Å²) in [5, 5.41) is 3.15. The highest BCUT2D eigenvalue weighted by molar-refractivity contribution is 7.80. The molecule has 5 heteroatoms. The lowest BCUT2D eigenvalue weighted by Gasteiger charge is -2.21. The maximum Gasteiger partial charge on any atom is 0.173 e. The van der Waals surface area contributed by atoms with Crippen LogP contribution in [0.2, 0.25) is 0 Å². The molecule has 0 unspecified atom stereocenters. The highest BCUT2D eigenvalue weighted by Crippen LogP contribution is 2.15. The van der Waals surface area contributed by atoms with Crippen molar-refractivity contribution >= 4 is 23.0 Å². The van der Waals surface area contributed by atoms with E-state index >= 15 is 0 Å². The number of anilines is 1. The van der Waals surface area contributed by atoms with E-state index in [9.17, 15) is 8.78 Å². The largest absolute Gasteiger partial charge is 0.348 e.